The third-order valence-electron chi connectivity index (χ3n) is 5.10. The molecule has 0 saturated carbocycles. The quantitative estimate of drug-likeness (QED) is 0.174. The van der Waals surface area contributed by atoms with E-state index in [4.69, 9.17) is 4.74 Å². The van der Waals surface area contributed by atoms with Crippen molar-refractivity contribution in [2.75, 3.05) is 0 Å². The molecule has 0 spiro atoms. The van der Waals surface area contributed by atoms with Crippen LogP contribution in [0.4, 0.5) is 5.69 Å². The van der Waals surface area contributed by atoms with E-state index in [0.29, 0.717) is 40.0 Å². The molecule has 0 unspecified atom stereocenters. The highest BCUT2D eigenvalue weighted by molar-refractivity contribution is 9.10. The van der Waals surface area contributed by atoms with Crippen LogP contribution in [0.25, 0.3) is 10.9 Å². The maximum Gasteiger partial charge on any atom is 0.282 e. The number of non-ortho nitro benzene ring substituents is 1. The van der Waals surface area contributed by atoms with Gasteiger partial charge in [0.25, 0.3) is 11.2 Å². The Morgan fingerprint density at radius 3 is 2.76 bits per heavy atom. The van der Waals surface area contributed by atoms with E-state index < -0.39 is 4.92 Å². The number of aryl methyl sites for hydroxylation is 1. The Kier molecular flexibility index (Phi) is 7.12. The van der Waals surface area contributed by atoms with E-state index in [1.807, 2.05) is 37.3 Å². The molecule has 9 heteroatoms. The van der Waals surface area contributed by atoms with Gasteiger partial charge in [0.05, 0.1) is 22.0 Å². The van der Waals surface area contributed by atoms with Gasteiger partial charge >= 0.3 is 0 Å². The molecular formula is C25H21BrN4O4. The van der Waals surface area contributed by atoms with Crippen molar-refractivity contribution >= 4 is 38.7 Å². The topological polar surface area (TPSA) is 99.6 Å². The minimum atomic E-state index is -0.439. The number of nitro groups is 1. The summed E-state index contributed by atoms with van der Waals surface area (Å²) in [7, 11) is 0. The van der Waals surface area contributed by atoms with Crippen molar-refractivity contribution in [3.05, 3.63) is 109 Å². The molecular weight excluding hydrogens is 500 g/mol. The zero-order chi connectivity index (χ0) is 24.1. The summed E-state index contributed by atoms with van der Waals surface area (Å²) in [6.45, 7) is 2.17. The second-order valence-electron chi connectivity index (χ2n) is 7.55. The van der Waals surface area contributed by atoms with Crippen molar-refractivity contribution in [2.24, 2.45) is 5.10 Å². The molecule has 0 atom stereocenters. The molecule has 0 amide bonds. The predicted octanol–water partition coefficient (Wildman–Crippen LogP) is 5.48. The molecule has 34 heavy (non-hydrogen) atoms. The van der Waals surface area contributed by atoms with E-state index in [1.54, 1.807) is 30.5 Å². The zero-order valence-electron chi connectivity index (χ0n) is 18.3. The van der Waals surface area contributed by atoms with Crippen molar-refractivity contribution in [2.45, 2.75) is 26.4 Å². The fraction of sp³-hybridized carbons (Fsp3) is 0.160. The number of halogens is 1. The fourth-order valence-corrected chi connectivity index (χ4v) is 3.82. The van der Waals surface area contributed by atoms with Gasteiger partial charge in [0.2, 0.25) is 0 Å². The third-order valence-corrected chi connectivity index (χ3v) is 5.59. The van der Waals surface area contributed by atoms with E-state index in [0.717, 1.165) is 10.9 Å². The van der Waals surface area contributed by atoms with Gasteiger partial charge in [-0.1, -0.05) is 47.1 Å². The summed E-state index contributed by atoms with van der Waals surface area (Å²) in [6, 6.07) is 19.0. The minimum absolute atomic E-state index is 0.00853. The largest absolute Gasteiger partial charge is 0.488 e. The molecule has 172 valence electrons. The standard InChI is InChI=1S/C25H21BrN4O4/c1-2-6-24-28-22-12-11-19(26)14-21(22)25(31)29(24)27-15-18-8-3-4-10-23(18)34-16-17-7-5-9-20(13-17)30(32)33/h3-5,7-15H,2,6,16H2,1H3. The van der Waals surface area contributed by atoms with Crippen LogP contribution in [0, 0.1) is 10.1 Å². The van der Waals surface area contributed by atoms with Gasteiger partial charge < -0.3 is 4.74 Å². The lowest BCUT2D eigenvalue weighted by atomic mass is 10.2. The second-order valence-corrected chi connectivity index (χ2v) is 8.47. The first kappa shape index (κ1) is 23.3. The first-order chi connectivity index (χ1) is 16.5. The van der Waals surface area contributed by atoms with Crippen molar-refractivity contribution in [1.82, 2.24) is 9.66 Å². The lowest BCUT2D eigenvalue weighted by molar-refractivity contribution is -0.384. The molecule has 0 saturated heterocycles. The van der Waals surface area contributed by atoms with Crippen LogP contribution in [0.3, 0.4) is 0 Å². The van der Waals surface area contributed by atoms with Crippen molar-refractivity contribution < 1.29 is 9.66 Å². The summed E-state index contributed by atoms with van der Waals surface area (Å²) in [5.74, 6) is 1.12. The highest BCUT2D eigenvalue weighted by Crippen LogP contribution is 2.20. The number of benzene rings is 3. The van der Waals surface area contributed by atoms with Crippen LogP contribution in [0.15, 0.2) is 81.1 Å². The maximum atomic E-state index is 13.2. The van der Waals surface area contributed by atoms with Gasteiger partial charge in [-0.2, -0.15) is 9.78 Å². The number of hydrogen-bond acceptors (Lipinski definition) is 6. The SMILES string of the molecule is CCCc1nc2ccc(Br)cc2c(=O)n1N=Cc1ccccc1OCc1cccc([N+](=O)[O-])c1. The number of hydrogen-bond donors (Lipinski definition) is 0. The smallest absolute Gasteiger partial charge is 0.282 e. The molecule has 0 fully saturated rings. The van der Waals surface area contributed by atoms with E-state index in [2.05, 4.69) is 26.0 Å². The Labute approximate surface area is 203 Å². The molecule has 0 N–H and O–H groups in total. The monoisotopic (exact) mass is 520 g/mol. The Balaban J connectivity index is 1.65. The van der Waals surface area contributed by atoms with Crippen LogP contribution >= 0.6 is 15.9 Å². The number of para-hydroxylation sites is 1. The lowest BCUT2D eigenvalue weighted by Gasteiger charge is -2.10. The molecule has 0 aliphatic heterocycles. The van der Waals surface area contributed by atoms with Gasteiger partial charge in [0.15, 0.2) is 0 Å². The van der Waals surface area contributed by atoms with Crippen LogP contribution in [0.2, 0.25) is 0 Å². The van der Waals surface area contributed by atoms with Crippen LogP contribution in [-0.4, -0.2) is 20.8 Å². The first-order valence-electron chi connectivity index (χ1n) is 10.7. The number of fused-ring (bicyclic) bond motifs is 1. The zero-order valence-corrected chi connectivity index (χ0v) is 19.9. The highest BCUT2D eigenvalue weighted by atomic mass is 79.9. The number of aromatic nitrogens is 2. The summed E-state index contributed by atoms with van der Waals surface area (Å²) in [6.07, 6.45) is 2.98. The van der Waals surface area contributed by atoms with Gasteiger partial charge in [0, 0.05) is 28.6 Å². The summed E-state index contributed by atoms with van der Waals surface area (Å²) in [5, 5.41) is 15.9. The van der Waals surface area contributed by atoms with E-state index in [9.17, 15) is 14.9 Å². The molecule has 0 radical (unpaired) electrons. The van der Waals surface area contributed by atoms with Crippen LogP contribution in [-0.2, 0) is 13.0 Å². The maximum absolute atomic E-state index is 13.2. The lowest BCUT2D eigenvalue weighted by Crippen LogP contribution is -2.22. The predicted molar refractivity (Wildman–Crippen MR) is 135 cm³/mol. The van der Waals surface area contributed by atoms with Crippen molar-refractivity contribution in [1.29, 1.82) is 0 Å². The first-order valence-corrected chi connectivity index (χ1v) is 11.5. The van der Waals surface area contributed by atoms with Gasteiger partial charge in [-0.05, 0) is 42.3 Å². The number of rotatable bonds is 8. The van der Waals surface area contributed by atoms with E-state index in [-0.39, 0.29) is 17.9 Å². The molecule has 0 bridgehead atoms. The molecule has 0 aliphatic rings. The van der Waals surface area contributed by atoms with Crippen LogP contribution < -0.4 is 10.3 Å². The van der Waals surface area contributed by atoms with Crippen molar-refractivity contribution in [3.63, 3.8) is 0 Å². The molecule has 4 aromatic rings. The highest BCUT2D eigenvalue weighted by Gasteiger charge is 2.11. The summed E-state index contributed by atoms with van der Waals surface area (Å²) in [4.78, 5) is 28.4. The Morgan fingerprint density at radius 1 is 1.15 bits per heavy atom. The number of nitrogens with zero attached hydrogens (tertiary/aromatic N) is 4. The fourth-order valence-electron chi connectivity index (χ4n) is 3.46. The Bertz CT molecular complexity index is 1450. The van der Waals surface area contributed by atoms with Gasteiger partial charge in [-0.25, -0.2) is 4.98 Å². The van der Waals surface area contributed by atoms with Crippen LogP contribution in [0.5, 0.6) is 5.75 Å². The van der Waals surface area contributed by atoms with Gasteiger partial charge in [0.1, 0.15) is 18.2 Å². The minimum Gasteiger partial charge on any atom is -0.488 e. The third kappa shape index (κ3) is 5.20. The molecule has 1 aromatic heterocycles. The van der Waals surface area contributed by atoms with Gasteiger partial charge in [-0.15, -0.1) is 0 Å². The Morgan fingerprint density at radius 2 is 1.97 bits per heavy atom. The summed E-state index contributed by atoms with van der Waals surface area (Å²) >= 11 is 3.41. The van der Waals surface area contributed by atoms with Crippen LogP contribution in [0.1, 0.15) is 30.3 Å². The summed E-state index contributed by atoms with van der Waals surface area (Å²) in [5.41, 5.74) is 1.72. The molecule has 1 heterocycles. The average Bonchev–Trinajstić information content (AvgIpc) is 2.84. The Hall–Kier alpha value is -3.85. The normalized spacial score (nSPS) is 11.2. The molecule has 4 rings (SSSR count). The summed E-state index contributed by atoms with van der Waals surface area (Å²) < 4.78 is 8.04. The number of ether oxygens (including phenoxy) is 1. The second kappa shape index (κ2) is 10.4. The van der Waals surface area contributed by atoms with Crippen molar-refractivity contribution in [3.8, 4) is 5.75 Å². The molecule has 8 nitrogen and oxygen atoms in total. The molecule has 3 aromatic carbocycles. The molecule has 0 aliphatic carbocycles. The number of nitro benzene ring substituents is 1. The van der Waals surface area contributed by atoms with Gasteiger partial charge in [-0.3, -0.25) is 14.9 Å². The van der Waals surface area contributed by atoms with E-state index in [1.165, 1.54) is 16.8 Å². The average molecular weight is 521 g/mol. The van der Waals surface area contributed by atoms with E-state index >= 15 is 0 Å².